The van der Waals surface area contributed by atoms with E-state index in [1.807, 2.05) is 0 Å². The SMILES string of the molecule is Fc1ccc(NCc2ccc(CSC(F)F)o2)cc1Cl. The molecular formula is C13H11ClF3NOS. The van der Waals surface area contributed by atoms with Crippen LogP contribution >= 0.6 is 23.4 Å². The van der Waals surface area contributed by atoms with Crippen molar-refractivity contribution in [1.29, 1.82) is 0 Å². The third-order valence-electron chi connectivity index (χ3n) is 2.46. The molecule has 1 aromatic heterocycles. The minimum absolute atomic E-state index is 0.0310. The van der Waals surface area contributed by atoms with Crippen molar-refractivity contribution in [3.05, 3.63) is 52.7 Å². The highest BCUT2D eigenvalue weighted by Crippen LogP contribution is 2.22. The van der Waals surface area contributed by atoms with E-state index in [2.05, 4.69) is 5.32 Å². The van der Waals surface area contributed by atoms with Crippen LogP contribution in [0.25, 0.3) is 0 Å². The summed E-state index contributed by atoms with van der Waals surface area (Å²) in [6.45, 7) is 0.362. The summed E-state index contributed by atoms with van der Waals surface area (Å²) < 4.78 is 42.4. The number of hydrogen-bond donors (Lipinski definition) is 1. The first kappa shape index (κ1) is 15.1. The van der Waals surface area contributed by atoms with E-state index >= 15 is 0 Å². The number of anilines is 1. The zero-order valence-corrected chi connectivity index (χ0v) is 11.8. The van der Waals surface area contributed by atoms with Crippen molar-refractivity contribution in [2.24, 2.45) is 0 Å². The highest BCUT2D eigenvalue weighted by molar-refractivity contribution is 7.98. The molecule has 0 unspecified atom stereocenters. The van der Waals surface area contributed by atoms with Gasteiger partial charge in [-0.05, 0) is 30.3 Å². The molecule has 108 valence electrons. The lowest BCUT2D eigenvalue weighted by Crippen LogP contribution is -1.98. The second-order valence-corrected chi connectivity index (χ2v) is 5.31. The molecule has 2 aromatic rings. The van der Waals surface area contributed by atoms with Crippen LogP contribution in [0.15, 0.2) is 34.7 Å². The fraction of sp³-hybridized carbons (Fsp3) is 0.231. The zero-order valence-electron chi connectivity index (χ0n) is 10.2. The fourth-order valence-electron chi connectivity index (χ4n) is 1.54. The number of alkyl halides is 2. The lowest BCUT2D eigenvalue weighted by atomic mass is 10.3. The maximum Gasteiger partial charge on any atom is 0.284 e. The Morgan fingerprint density at radius 3 is 2.65 bits per heavy atom. The van der Waals surface area contributed by atoms with Gasteiger partial charge in [-0.15, -0.1) is 0 Å². The summed E-state index contributed by atoms with van der Waals surface area (Å²) in [7, 11) is 0. The van der Waals surface area contributed by atoms with Gasteiger partial charge in [-0.3, -0.25) is 0 Å². The van der Waals surface area contributed by atoms with Crippen molar-refractivity contribution in [3.63, 3.8) is 0 Å². The van der Waals surface area contributed by atoms with Crippen molar-refractivity contribution in [2.75, 3.05) is 5.32 Å². The number of hydrogen-bond acceptors (Lipinski definition) is 3. The van der Waals surface area contributed by atoms with Crippen LogP contribution in [0.5, 0.6) is 0 Å². The number of halogens is 4. The smallest absolute Gasteiger partial charge is 0.284 e. The average Bonchev–Trinajstić information content (AvgIpc) is 2.86. The molecule has 2 nitrogen and oxygen atoms in total. The Morgan fingerprint density at radius 2 is 1.95 bits per heavy atom. The van der Waals surface area contributed by atoms with Crippen LogP contribution in [-0.2, 0) is 12.3 Å². The molecule has 0 radical (unpaired) electrons. The van der Waals surface area contributed by atoms with Crippen molar-refractivity contribution < 1.29 is 17.6 Å². The number of benzene rings is 1. The standard InChI is InChI=1S/C13H11ClF3NOS/c14-11-5-8(1-4-12(11)15)18-6-9-2-3-10(19-9)7-20-13(16)17/h1-5,13,18H,6-7H2. The molecule has 1 heterocycles. The van der Waals surface area contributed by atoms with Crippen LogP contribution in [0.2, 0.25) is 5.02 Å². The molecule has 0 saturated heterocycles. The monoisotopic (exact) mass is 321 g/mol. The third-order valence-corrected chi connectivity index (χ3v) is 3.45. The minimum atomic E-state index is -2.41. The topological polar surface area (TPSA) is 25.2 Å². The van der Waals surface area contributed by atoms with E-state index in [1.54, 1.807) is 18.2 Å². The molecule has 0 amide bonds. The normalized spacial score (nSPS) is 11.1. The van der Waals surface area contributed by atoms with Gasteiger partial charge in [0.1, 0.15) is 17.3 Å². The number of furan rings is 1. The molecule has 0 aliphatic heterocycles. The number of thioether (sulfide) groups is 1. The first-order valence-corrected chi connectivity index (χ1v) is 7.13. The van der Waals surface area contributed by atoms with E-state index in [0.717, 1.165) is 0 Å². The fourth-order valence-corrected chi connectivity index (χ4v) is 2.16. The van der Waals surface area contributed by atoms with E-state index in [0.29, 0.717) is 35.5 Å². The maximum absolute atomic E-state index is 13.0. The largest absolute Gasteiger partial charge is 0.463 e. The van der Waals surface area contributed by atoms with Crippen molar-refractivity contribution in [2.45, 2.75) is 18.1 Å². The molecule has 2 rings (SSSR count). The van der Waals surface area contributed by atoms with Gasteiger partial charge in [0.2, 0.25) is 0 Å². The van der Waals surface area contributed by atoms with E-state index < -0.39 is 11.6 Å². The summed E-state index contributed by atoms with van der Waals surface area (Å²) in [6.07, 6.45) is 0. The van der Waals surface area contributed by atoms with Crippen LogP contribution in [0, 0.1) is 5.82 Å². The average molecular weight is 322 g/mol. The summed E-state index contributed by atoms with van der Waals surface area (Å²) in [6, 6.07) is 7.64. The molecule has 1 N–H and O–H groups in total. The number of rotatable bonds is 6. The van der Waals surface area contributed by atoms with E-state index in [1.165, 1.54) is 12.1 Å². The van der Waals surface area contributed by atoms with Gasteiger partial charge in [0.25, 0.3) is 5.76 Å². The second-order valence-electron chi connectivity index (χ2n) is 3.92. The van der Waals surface area contributed by atoms with Crippen molar-refractivity contribution in [3.8, 4) is 0 Å². The molecule has 0 aliphatic rings. The molecular weight excluding hydrogens is 311 g/mol. The summed E-state index contributed by atoms with van der Waals surface area (Å²) >= 11 is 6.17. The Balaban J connectivity index is 1.89. The predicted molar refractivity (Wildman–Crippen MR) is 74.7 cm³/mol. The highest BCUT2D eigenvalue weighted by atomic mass is 35.5. The molecule has 0 fully saturated rings. The Kier molecular flexibility index (Phi) is 5.25. The number of nitrogens with one attached hydrogen (secondary N) is 1. The van der Waals surface area contributed by atoms with Crippen molar-refractivity contribution >= 4 is 29.1 Å². The molecule has 20 heavy (non-hydrogen) atoms. The van der Waals surface area contributed by atoms with Crippen molar-refractivity contribution in [1.82, 2.24) is 0 Å². The van der Waals surface area contributed by atoms with Gasteiger partial charge < -0.3 is 9.73 Å². The van der Waals surface area contributed by atoms with E-state index in [-0.39, 0.29) is 10.8 Å². The Labute approximate surface area is 123 Å². The lowest BCUT2D eigenvalue weighted by molar-refractivity contribution is 0.251. The Bertz CT molecular complexity index is 576. The van der Waals surface area contributed by atoms with Crippen LogP contribution in [-0.4, -0.2) is 5.76 Å². The third kappa shape index (κ3) is 4.38. The summed E-state index contributed by atoms with van der Waals surface area (Å²) in [4.78, 5) is 0. The quantitative estimate of drug-likeness (QED) is 0.797. The van der Waals surface area contributed by atoms with E-state index in [9.17, 15) is 13.2 Å². The van der Waals surface area contributed by atoms with Crippen LogP contribution < -0.4 is 5.32 Å². The molecule has 0 aliphatic carbocycles. The predicted octanol–water partition coefficient (Wildman–Crippen LogP) is 5.14. The lowest BCUT2D eigenvalue weighted by Gasteiger charge is -2.05. The van der Waals surface area contributed by atoms with Gasteiger partial charge in [-0.1, -0.05) is 23.4 Å². The second kappa shape index (κ2) is 6.95. The summed E-state index contributed by atoms with van der Waals surface area (Å²) in [5.74, 6) is -1.68. The Hall–Kier alpha value is -1.27. The van der Waals surface area contributed by atoms with Gasteiger partial charge in [0.05, 0.1) is 17.3 Å². The molecule has 0 atom stereocenters. The maximum atomic E-state index is 13.0. The molecule has 0 spiro atoms. The summed E-state index contributed by atoms with van der Waals surface area (Å²) in [5.41, 5.74) is 0.649. The van der Waals surface area contributed by atoms with E-state index in [4.69, 9.17) is 16.0 Å². The van der Waals surface area contributed by atoms with Gasteiger partial charge in [0.15, 0.2) is 0 Å². The Morgan fingerprint density at radius 1 is 1.20 bits per heavy atom. The van der Waals surface area contributed by atoms with Gasteiger partial charge in [-0.2, -0.15) is 8.78 Å². The van der Waals surface area contributed by atoms with Crippen LogP contribution in [0.3, 0.4) is 0 Å². The first-order valence-electron chi connectivity index (χ1n) is 5.71. The van der Waals surface area contributed by atoms with Crippen LogP contribution in [0.4, 0.5) is 18.9 Å². The molecule has 0 bridgehead atoms. The minimum Gasteiger partial charge on any atom is -0.463 e. The molecule has 7 heteroatoms. The molecule has 0 saturated carbocycles. The zero-order chi connectivity index (χ0) is 14.5. The molecule has 1 aromatic carbocycles. The summed E-state index contributed by atoms with van der Waals surface area (Å²) in [5, 5.41) is 3.04. The first-order chi connectivity index (χ1) is 9.54. The van der Waals surface area contributed by atoms with Gasteiger partial charge >= 0.3 is 0 Å². The van der Waals surface area contributed by atoms with Gasteiger partial charge in [0, 0.05) is 5.69 Å². The van der Waals surface area contributed by atoms with Crippen LogP contribution in [0.1, 0.15) is 11.5 Å². The highest BCUT2D eigenvalue weighted by Gasteiger charge is 2.07. The van der Waals surface area contributed by atoms with Gasteiger partial charge in [-0.25, -0.2) is 4.39 Å².